The highest BCUT2D eigenvalue weighted by molar-refractivity contribution is 7.49. The Morgan fingerprint density at radius 2 is 1.67 bits per heavy atom. The topological polar surface area (TPSA) is 61.8 Å². The van der Waals surface area contributed by atoms with E-state index in [2.05, 4.69) is 0 Å². The third kappa shape index (κ3) is 3.38. The first-order chi connectivity index (χ1) is 10.2. The van der Waals surface area contributed by atoms with Crippen molar-refractivity contribution in [1.82, 2.24) is 0 Å². The molecule has 0 N–H and O–H groups in total. The van der Waals surface area contributed by atoms with Crippen molar-refractivity contribution in [3.63, 3.8) is 0 Å². The number of rotatable bonds is 5. The van der Waals surface area contributed by atoms with Crippen LogP contribution in [0, 0.1) is 0 Å². The van der Waals surface area contributed by atoms with Crippen LogP contribution < -0.4 is 14.8 Å². The molecule has 0 amide bonds. The number of hydrogen-bond acceptors (Lipinski definition) is 5. The van der Waals surface area contributed by atoms with Crippen LogP contribution in [-0.4, -0.2) is 20.2 Å². The Morgan fingerprint density at radius 3 is 2.29 bits per heavy atom. The van der Waals surface area contributed by atoms with Crippen molar-refractivity contribution >= 4 is 19.3 Å². The van der Waals surface area contributed by atoms with Gasteiger partial charge in [-0.1, -0.05) is 24.3 Å². The van der Waals surface area contributed by atoms with E-state index in [1.807, 2.05) is 0 Å². The second-order valence-corrected chi connectivity index (χ2v) is 5.23. The van der Waals surface area contributed by atoms with Crippen molar-refractivity contribution in [1.29, 1.82) is 0 Å². The summed E-state index contributed by atoms with van der Waals surface area (Å²) in [4.78, 5) is 12.1. The molecule has 0 heterocycles. The van der Waals surface area contributed by atoms with Crippen LogP contribution in [0.1, 0.15) is 10.4 Å². The van der Waals surface area contributed by atoms with E-state index >= 15 is 0 Å². The number of ether oxygens (including phenoxy) is 2. The van der Waals surface area contributed by atoms with Crippen LogP contribution in [0.15, 0.2) is 48.5 Å². The summed E-state index contributed by atoms with van der Waals surface area (Å²) >= 11 is 0. The molecule has 0 bridgehead atoms. The molecule has 2 aromatic carbocycles. The molecule has 1 atom stereocenters. The monoisotopic (exact) mass is 305 g/mol. The van der Waals surface area contributed by atoms with Gasteiger partial charge < -0.3 is 9.47 Å². The van der Waals surface area contributed by atoms with Gasteiger partial charge in [0.25, 0.3) is 0 Å². The highest BCUT2D eigenvalue weighted by Gasteiger charge is 2.30. The molecule has 2 rings (SSSR count). The van der Waals surface area contributed by atoms with Crippen molar-refractivity contribution in [3.05, 3.63) is 54.1 Å². The maximum atomic E-state index is 12.1. The van der Waals surface area contributed by atoms with Crippen molar-refractivity contribution in [2.75, 3.05) is 14.2 Å². The molecule has 0 saturated carbocycles. The predicted octanol–water partition coefficient (Wildman–Crippen LogP) is 2.93. The van der Waals surface area contributed by atoms with Gasteiger partial charge in [0.1, 0.15) is 5.56 Å². The van der Waals surface area contributed by atoms with E-state index in [0.717, 1.165) is 0 Å². The molecule has 0 spiro atoms. The molecule has 0 aromatic heterocycles. The number of methoxy groups -OCH3 is 2. The van der Waals surface area contributed by atoms with E-state index < -0.39 is 14.0 Å². The van der Waals surface area contributed by atoms with Gasteiger partial charge in [-0.15, -0.1) is 0 Å². The molecule has 0 aliphatic heterocycles. The van der Waals surface area contributed by atoms with Crippen molar-refractivity contribution < 1.29 is 23.4 Å². The van der Waals surface area contributed by atoms with Crippen molar-refractivity contribution in [2.24, 2.45) is 0 Å². The molecule has 108 valence electrons. The molecular weight excluding hydrogens is 291 g/mol. The first kappa shape index (κ1) is 15.0. The van der Waals surface area contributed by atoms with Gasteiger partial charge in [-0.3, -0.25) is 0 Å². The van der Waals surface area contributed by atoms with Crippen LogP contribution in [0.4, 0.5) is 0 Å². The second-order valence-electron chi connectivity index (χ2n) is 4.01. The molecule has 0 aliphatic carbocycles. The number of hydrogen-bond donors (Lipinski definition) is 0. The van der Waals surface area contributed by atoms with Gasteiger partial charge in [0.2, 0.25) is 5.30 Å². The summed E-state index contributed by atoms with van der Waals surface area (Å²) in [7, 11) is 0.626. The van der Waals surface area contributed by atoms with Crippen LogP contribution in [-0.2, 0) is 9.09 Å². The summed E-state index contributed by atoms with van der Waals surface area (Å²) < 4.78 is 27.3. The minimum absolute atomic E-state index is 0.163. The van der Waals surface area contributed by atoms with Gasteiger partial charge in [-0.25, -0.2) is 9.32 Å². The smallest absolute Gasteiger partial charge is 0.493 e. The van der Waals surface area contributed by atoms with Gasteiger partial charge >= 0.3 is 14.0 Å². The maximum Gasteiger partial charge on any atom is 0.600 e. The van der Waals surface area contributed by atoms with E-state index in [0.29, 0.717) is 11.1 Å². The maximum absolute atomic E-state index is 12.1. The first-order valence-corrected chi connectivity index (χ1v) is 7.30. The van der Waals surface area contributed by atoms with E-state index in [1.165, 1.54) is 20.3 Å². The van der Waals surface area contributed by atoms with Crippen molar-refractivity contribution in [3.8, 4) is 11.5 Å². The van der Waals surface area contributed by atoms with E-state index in [-0.39, 0.29) is 11.3 Å². The summed E-state index contributed by atoms with van der Waals surface area (Å²) in [5.74, 6) is -0.0703. The van der Waals surface area contributed by atoms with Crippen LogP contribution in [0.2, 0.25) is 0 Å². The molecule has 6 heteroatoms. The number of carbonyl (C=O) groups is 1. The lowest BCUT2D eigenvalue weighted by molar-refractivity contribution is 0.0747. The lowest BCUT2D eigenvalue weighted by atomic mass is 10.2. The van der Waals surface area contributed by atoms with Crippen molar-refractivity contribution in [2.45, 2.75) is 0 Å². The summed E-state index contributed by atoms with van der Waals surface area (Å²) in [6, 6.07) is 13.3. The third-order valence-electron chi connectivity index (χ3n) is 2.76. The Morgan fingerprint density at radius 1 is 0.952 bits per heavy atom. The molecule has 0 aliphatic rings. The standard InChI is InChI=1S/C15H14O5P/c1-18-13-10-6-9-12(14(13)19-2)15(16)20-21(17)11-7-4-3-5-8-11/h3-10H,1-2H3/q+1. The molecule has 5 nitrogen and oxygen atoms in total. The van der Waals surface area contributed by atoms with Crippen LogP contribution in [0.3, 0.4) is 0 Å². The fourth-order valence-corrected chi connectivity index (χ4v) is 2.54. The Labute approximate surface area is 123 Å². The van der Waals surface area contributed by atoms with Crippen LogP contribution >= 0.6 is 8.03 Å². The molecule has 2 aromatic rings. The number of carbonyl (C=O) groups excluding carboxylic acids is 1. The van der Waals surface area contributed by atoms with E-state index in [9.17, 15) is 9.36 Å². The Bertz CT molecular complexity index is 654. The van der Waals surface area contributed by atoms with Gasteiger partial charge in [0, 0.05) is 0 Å². The minimum Gasteiger partial charge on any atom is -0.493 e. The fraction of sp³-hybridized carbons (Fsp3) is 0.133. The SMILES string of the molecule is COc1cccc(C(=O)O[P+](=O)c2ccccc2)c1OC. The summed E-state index contributed by atoms with van der Waals surface area (Å²) in [6.07, 6.45) is 0. The number of para-hydroxylation sites is 1. The average molecular weight is 305 g/mol. The third-order valence-corrected chi connectivity index (χ3v) is 3.81. The zero-order valence-corrected chi connectivity index (χ0v) is 12.5. The number of benzene rings is 2. The second kappa shape index (κ2) is 6.86. The molecule has 0 radical (unpaired) electrons. The first-order valence-electron chi connectivity index (χ1n) is 6.13. The zero-order chi connectivity index (χ0) is 15.2. The quantitative estimate of drug-likeness (QED) is 0.795. The van der Waals surface area contributed by atoms with Crippen LogP contribution in [0.25, 0.3) is 0 Å². The predicted molar refractivity (Wildman–Crippen MR) is 78.6 cm³/mol. The molecule has 21 heavy (non-hydrogen) atoms. The van der Waals surface area contributed by atoms with Crippen LogP contribution in [0.5, 0.6) is 11.5 Å². The van der Waals surface area contributed by atoms with Gasteiger partial charge in [0.05, 0.1) is 14.2 Å². The molecule has 0 fully saturated rings. The molecular formula is C15H14O5P+. The summed E-state index contributed by atoms with van der Waals surface area (Å²) in [6.45, 7) is 0. The molecule has 0 saturated heterocycles. The zero-order valence-electron chi connectivity index (χ0n) is 11.6. The fourth-order valence-electron chi connectivity index (χ4n) is 1.77. The highest BCUT2D eigenvalue weighted by atomic mass is 31.1. The normalized spacial score (nSPS) is 10.7. The van der Waals surface area contributed by atoms with E-state index in [1.54, 1.807) is 42.5 Å². The Hall–Kier alpha value is -2.39. The highest BCUT2D eigenvalue weighted by Crippen LogP contribution is 2.33. The van der Waals surface area contributed by atoms with Gasteiger partial charge in [0.15, 0.2) is 11.5 Å². The lowest BCUT2D eigenvalue weighted by Gasteiger charge is -2.09. The van der Waals surface area contributed by atoms with Gasteiger partial charge in [-0.2, -0.15) is 0 Å². The summed E-state index contributed by atoms with van der Waals surface area (Å²) in [5.41, 5.74) is 0.163. The van der Waals surface area contributed by atoms with E-state index in [4.69, 9.17) is 14.0 Å². The largest absolute Gasteiger partial charge is 0.600 e. The lowest BCUT2D eigenvalue weighted by Crippen LogP contribution is -2.07. The summed E-state index contributed by atoms with van der Waals surface area (Å²) in [5, 5.41) is 0.447. The van der Waals surface area contributed by atoms with Gasteiger partial charge in [-0.05, 0) is 28.8 Å². The Balaban J connectivity index is 2.23. The molecule has 1 unspecified atom stereocenters. The minimum atomic E-state index is -2.27. The Kier molecular flexibility index (Phi) is 4.90. The average Bonchev–Trinajstić information content (AvgIpc) is 2.54.